The Morgan fingerprint density at radius 3 is 2.78 bits per heavy atom. The molecular weight excluding hydrogens is 406 g/mol. The summed E-state index contributed by atoms with van der Waals surface area (Å²) in [5.74, 6) is 0.141. The van der Waals surface area contributed by atoms with Crippen molar-refractivity contribution in [2.75, 3.05) is 0 Å². The lowest BCUT2D eigenvalue weighted by atomic mass is 9.70. The Morgan fingerprint density at radius 1 is 1.30 bits per heavy atom. The normalized spacial score (nSPS) is 22.8. The highest BCUT2D eigenvalue weighted by atomic mass is 79.9. The lowest BCUT2D eigenvalue weighted by molar-refractivity contribution is -0.00557. The second-order valence-electron chi connectivity index (χ2n) is 7.48. The van der Waals surface area contributed by atoms with Crippen LogP contribution in [0.3, 0.4) is 0 Å². The molecule has 6 heteroatoms. The van der Waals surface area contributed by atoms with Crippen LogP contribution in [0.2, 0.25) is 0 Å². The quantitative estimate of drug-likeness (QED) is 0.577. The number of Topliss-reactive ketones (excluding diaryl/α,β-unsaturated/α-hetero) is 1. The maximum absolute atomic E-state index is 13.3. The van der Waals surface area contributed by atoms with E-state index in [0.29, 0.717) is 27.9 Å². The van der Waals surface area contributed by atoms with Crippen molar-refractivity contribution in [1.29, 1.82) is 0 Å². The molecule has 1 aliphatic rings. The Kier molecular flexibility index (Phi) is 5.10. The SMILES string of the molecule is CC1(C(=O)c2c[nH]c3ncc(Br)nc23)CCC(OCc2ccccc2)CC1. The maximum atomic E-state index is 13.3. The second-order valence-corrected chi connectivity index (χ2v) is 8.29. The second kappa shape index (κ2) is 7.52. The number of rotatable bonds is 5. The number of fused-ring (bicyclic) bond motifs is 1. The molecule has 0 unspecified atom stereocenters. The molecule has 0 saturated heterocycles. The number of halogens is 1. The van der Waals surface area contributed by atoms with E-state index in [-0.39, 0.29) is 17.3 Å². The fraction of sp³-hybridized carbons (Fsp3) is 0.381. The molecule has 2 heterocycles. The Bertz CT molecular complexity index is 946. The van der Waals surface area contributed by atoms with E-state index in [1.165, 1.54) is 5.56 Å². The van der Waals surface area contributed by atoms with Crippen molar-refractivity contribution in [3.8, 4) is 0 Å². The van der Waals surface area contributed by atoms with E-state index in [9.17, 15) is 4.79 Å². The summed E-state index contributed by atoms with van der Waals surface area (Å²) in [4.78, 5) is 25.0. The highest BCUT2D eigenvalue weighted by molar-refractivity contribution is 9.10. The lowest BCUT2D eigenvalue weighted by Crippen LogP contribution is -2.35. The number of carbonyl (C=O) groups excluding carboxylic acids is 1. The number of H-pyrrole nitrogens is 1. The molecule has 0 amide bonds. The molecule has 0 atom stereocenters. The topological polar surface area (TPSA) is 67.9 Å². The molecule has 5 nitrogen and oxygen atoms in total. The van der Waals surface area contributed by atoms with Crippen molar-refractivity contribution in [1.82, 2.24) is 15.0 Å². The van der Waals surface area contributed by atoms with E-state index < -0.39 is 0 Å². The first-order valence-electron chi connectivity index (χ1n) is 9.25. The molecule has 1 aliphatic carbocycles. The van der Waals surface area contributed by atoms with Gasteiger partial charge in [0.05, 0.1) is 24.5 Å². The van der Waals surface area contributed by atoms with E-state index in [1.54, 1.807) is 12.4 Å². The number of aromatic amines is 1. The van der Waals surface area contributed by atoms with Gasteiger partial charge in [0.1, 0.15) is 10.1 Å². The molecular formula is C21H22BrN3O2. The third-order valence-corrected chi connectivity index (χ3v) is 5.89. The van der Waals surface area contributed by atoms with Crippen LogP contribution in [0.15, 0.2) is 47.3 Å². The average Bonchev–Trinajstić information content (AvgIpc) is 3.10. The fourth-order valence-electron chi connectivity index (χ4n) is 3.78. The number of hydrogen-bond acceptors (Lipinski definition) is 4. The van der Waals surface area contributed by atoms with Crippen molar-refractivity contribution in [3.63, 3.8) is 0 Å². The van der Waals surface area contributed by atoms with Crippen molar-refractivity contribution in [2.45, 2.75) is 45.3 Å². The first-order chi connectivity index (χ1) is 13.0. The maximum Gasteiger partial charge on any atom is 0.172 e. The molecule has 3 aromatic rings. The summed E-state index contributed by atoms with van der Waals surface area (Å²) in [6, 6.07) is 10.2. The van der Waals surface area contributed by atoms with Crippen LogP contribution in [-0.2, 0) is 11.3 Å². The third-order valence-electron chi connectivity index (χ3n) is 5.51. The van der Waals surface area contributed by atoms with Gasteiger partial charge in [0, 0.05) is 11.6 Å². The fourth-order valence-corrected chi connectivity index (χ4v) is 4.06. The van der Waals surface area contributed by atoms with Crippen molar-refractivity contribution in [3.05, 3.63) is 58.5 Å². The van der Waals surface area contributed by atoms with Crippen LogP contribution in [0.25, 0.3) is 11.2 Å². The molecule has 27 heavy (non-hydrogen) atoms. The van der Waals surface area contributed by atoms with E-state index in [1.807, 2.05) is 18.2 Å². The summed E-state index contributed by atoms with van der Waals surface area (Å²) in [6.07, 6.45) is 7.01. The van der Waals surface area contributed by atoms with Gasteiger partial charge in [-0.25, -0.2) is 9.97 Å². The molecule has 0 bridgehead atoms. The van der Waals surface area contributed by atoms with Crippen LogP contribution in [0.1, 0.15) is 48.5 Å². The van der Waals surface area contributed by atoms with Crippen LogP contribution in [0.4, 0.5) is 0 Å². The number of aromatic nitrogens is 3. The Morgan fingerprint density at radius 2 is 2.04 bits per heavy atom. The Hall–Kier alpha value is -2.05. The van der Waals surface area contributed by atoms with Crippen molar-refractivity contribution in [2.24, 2.45) is 5.41 Å². The summed E-state index contributed by atoms with van der Waals surface area (Å²) < 4.78 is 6.70. The molecule has 140 valence electrons. The molecule has 1 aromatic carbocycles. The number of nitrogens with one attached hydrogen (secondary N) is 1. The summed E-state index contributed by atoms with van der Waals surface area (Å²) in [6.45, 7) is 2.69. The van der Waals surface area contributed by atoms with Gasteiger partial charge in [0.25, 0.3) is 0 Å². The van der Waals surface area contributed by atoms with Crippen molar-refractivity contribution >= 4 is 32.9 Å². The molecule has 0 radical (unpaired) electrons. The minimum Gasteiger partial charge on any atom is -0.374 e. The highest BCUT2D eigenvalue weighted by Gasteiger charge is 2.39. The number of ether oxygens (including phenoxy) is 1. The molecule has 2 aromatic heterocycles. The third kappa shape index (κ3) is 3.82. The molecule has 1 N–H and O–H groups in total. The zero-order valence-electron chi connectivity index (χ0n) is 15.2. The van der Waals surface area contributed by atoms with E-state index in [4.69, 9.17) is 4.74 Å². The van der Waals surface area contributed by atoms with Gasteiger partial charge in [-0.15, -0.1) is 0 Å². The predicted molar refractivity (Wildman–Crippen MR) is 108 cm³/mol. The highest BCUT2D eigenvalue weighted by Crippen LogP contribution is 2.40. The predicted octanol–water partition coefficient (Wildman–Crippen LogP) is 5.07. The van der Waals surface area contributed by atoms with E-state index >= 15 is 0 Å². The van der Waals surface area contributed by atoms with Crippen LogP contribution in [0.5, 0.6) is 0 Å². The number of hydrogen-bond donors (Lipinski definition) is 1. The van der Waals surface area contributed by atoms with Crippen LogP contribution >= 0.6 is 15.9 Å². The Balaban J connectivity index is 1.42. The minimum atomic E-state index is -0.383. The first-order valence-corrected chi connectivity index (χ1v) is 10.0. The largest absolute Gasteiger partial charge is 0.374 e. The van der Waals surface area contributed by atoms with Crippen LogP contribution < -0.4 is 0 Å². The van der Waals surface area contributed by atoms with Crippen molar-refractivity contribution < 1.29 is 9.53 Å². The average molecular weight is 428 g/mol. The van der Waals surface area contributed by atoms with Gasteiger partial charge in [0.2, 0.25) is 0 Å². The monoisotopic (exact) mass is 427 g/mol. The number of ketones is 1. The Labute approximate surface area is 166 Å². The van der Waals surface area contributed by atoms with Gasteiger partial charge in [-0.05, 0) is 47.2 Å². The summed E-state index contributed by atoms with van der Waals surface area (Å²) in [5, 5.41) is 0. The zero-order chi connectivity index (χ0) is 18.9. The van der Waals surface area contributed by atoms with E-state index in [0.717, 1.165) is 25.7 Å². The number of nitrogens with zero attached hydrogens (tertiary/aromatic N) is 2. The molecule has 4 rings (SSSR count). The van der Waals surface area contributed by atoms with Gasteiger partial charge in [-0.3, -0.25) is 4.79 Å². The molecule has 1 fully saturated rings. The lowest BCUT2D eigenvalue weighted by Gasteiger charge is -2.35. The van der Waals surface area contributed by atoms with Crippen LogP contribution in [-0.4, -0.2) is 26.8 Å². The van der Waals surface area contributed by atoms with Crippen LogP contribution in [0, 0.1) is 5.41 Å². The minimum absolute atomic E-state index is 0.141. The number of benzene rings is 1. The zero-order valence-corrected chi connectivity index (χ0v) is 16.8. The standard InChI is InChI=1S/C21H22BrN3O2/c1-21(19(26)16-11-23-20-18(16)25-17(22)12-24-20)9-7-15(8-10-21)27-13-14-5-3-2-4-6-14/h2-6,11-12,15H,7-10,13H2,1H3,(H,23,24). The first kappa shape index (κ1) is 18.3. The summed E-state index contributed by atoms with van der Waals surface area (Å²) in [5.41, 5.74) is 2.71. The molecule has 0 aliphatic heterocycles. The van der Waals surface area contributed by atoms with Gasteiger partial charge in [0.15, 0.2) is 11.4 Å². The molecule has 1 saturated carbocycles. The number of carbonyl (C=O) groups is 1. The summed E-state index contributed by atoms with van der Waals surface area (Å²) in [7, 11) is 0. The molecule has 0 spiro atoms. The van der Waals surface area contributed by atoms with Gasteiger partial charge in [-0.2, -0.15) is 0 Å². The summed E-state index contributed by atoms with van der Waals surface area (Å²) >= 11 is 3.34. The van der Waals surface area contributed by atoms with E-state index in [2.05, 4.69) is 49.9 Å². The van der Waals surface area contributed by atoms with Gasteiger partial charge >= 0.3 is 0 Å². The van der Waals surface area contributed by atoms with Gasteiger partial charge in [-0.1, -0.05) is 37.3 Å². The van der Waals surface area contributed by atoms with Gasteiger partial charge < -0.3 is 9.72 Å². The smallest absolute Gasteiger partial charge is 0.172 e.